The molecule has 2 aromatic carbocycles. The molecule has 2 aromatic rings. The Hall–Kier alpha value is -2.29. The Morgan fingerprint density at radius 1 is 1.05 bits per heavy atom. The molecule has 0 spiro atoms. The van der Waals surface area contributed by atoms with E-state index in [1.165, 1.54) is 17.2 Å². The van der Waals surface area contributed by atoms with Crippen molar-refractivity contribution in [3.05, 3.63) is 64.2 Å². The highest BCUT2D eigenvalue weighted by Gasteiger charge is 2.13. The SMILES string of the molecule is Cc1cccc(Cc2cccc(C(=O)O)c2O)c1C. The first-order chi connectivity index (χ1) is 9.00. The number of para-hydroxylation sites is 1. The summed E-state index contributed by atoms with van der Waals surface area (Å²) in [6.45, 7) is 4.06. The van der Waals surface area contributed by atoms with Gasteiger partial charge in [0.25, 0.3) is 0 Å². The van der Waals surface area contributed by atoms with Crippen LogP contribution in [0.4, 0.5) is 0 Å². The van der Waals surface area contributed by atoms with Gasteiger partial charge >= 0.3 is 5.97 Å². The van der Waals surface area contributed by atoms with Crippen molar-refractivity contribution in [3.8, 4) is 5.75 Å². The lowest BCUT2D eigenvalue weighted by atomic mass is 9.96. The van der Waals surface area contributed by atoms with Crippen molar-refractivity contribution in [2.75, 3.05) is 0 Å². The molecule has 0 amide bonds. The van der Waals surface area contributed by atoms with E-state index in [1.54, 1.807) is 12.1 Å². The van der Waals surface area contributed by atoms with Crippen LogP contribution in [-0.4, -0.2) is 16.2 Å². The van der Waals surface area contributed by atoms with E-state index in [1.807, 2.05) is 32.0 Å². The second kappa shape index (κ2) is 5.14. The molecule has 98 valence electrons. The number of benzene rings is 2. The van der Waals surface area contributed by atoms with Gasteiger partial charge in [0.15, 0.2) is 0 Å². The Morgan fingerprint density at radius 3 is 2.37 bits per heavy atom. The monoisotopic (exact) mass is 256 g/mol. The molecule has 0 aliphatic carbocycles. The Kier molecular flexibility index (Phi) is 3.56. The molecule has 0 aliphatic heterocycles. The maximum atomic E-state index is 11.0. The molecule has 3 heteroatoms. The maximum absolute atomic E-state index is 11.0. The van der Waals surface area contributed by atoms with E-state index < -0.39 is 5.97 Å². The summed E-state index contributed by atoms with van der Waals surface area (Å²) in [4.78, 5) is 11.0. The van der Waals surface area contributed by atoms with E-state index in [0.29, 0.717) is 12.0 Å². The van der Waals surface area contributed by atoms with Gasteiger partial charge in [-0.1, -0.05) is 30.3 Å². The molecule has 0 saturated heterocycles. The molecule has 0 aromatic heterocycles. The minimum atomic E-state index is -1.11. The number of aryl methyl sites for hydroxylation is 1. The van der Waals surface area contributed by atoms with Crippen LogP contribution in [0.2, 0.25) is 0 Å². The molecule has 3 nitrogen and oxygen atoms in total. The summed E-state index contributed by atoms with van der Waals surface area (Å²) in [5, 5.41) is 19.0. The first-order valence-electron chi connectivity index (χ1n) is 6.10. The fourth-order valence-electron chi connectivity index (χ4n) is 2.12. The number of carboxylic acids is 1. The lowest BCUT2D eigenvalue weighted by Gasteiger charge is -2.11. The lowest BCUT2D eigenvalue weighted by Crippen LogP contribution is -2.00. The maximum Gasteiger partial charge on any atom is 0.339 e. The fourth-order valence-corrected chi connectivity index (χ4v) is 2.12. The van der Waals surface area contributed by atoms with E-state index in [9.17, 15) is 9.90 Å². The van der Waals surface area contributed by atoms with Gasteiger partial charge in [-0.2, -0.15) is 0 Å². The Bertz CT molecular complexity index is 630. The van der Waals surface area contributed by atoms with Crippen LogP contribution < -0.4 is 0 Å². The zero-order valence-corrected chi connectivity index (χ0v) is 11.0. The highest BCUT2D eigenvalue weighted by atomic mass is 16.4. The van der Waals surface area contributed by atoms with Crippen LogP contribution in [0.5, 0.6) is 5.75 Å². The summed E-state index contributed by atoms with van der Waals surface area (Å²) < 4.78 is 0. The topological polar surface area (TPSA) is 57.5 Å². The van der Waals surface area contributed by atoms with Crippen LogP contribution >= 0.6 is 0 Å². The third kappa shape index (κ3) is 2.60. The van der Waals surface area contributed by atoms with Gasteiger partial charge in [-0.15, -0.1) is 0 Å². The summed E-state index contributed by atoms with van der Waals surface area (Å²) in [5.74, 6) is -1.25. The molecule has 0 radical (unpaired) electrons. The summed E-state index contributed by atoms with van der Waals surface area (Å²) in [6.07, 6.45) is 0.528. The Balaban J connectivity index is 2.42. The summed E-state index contributed by atoms with van der Waals surface area (Å²) in [7, 11) is 0. The van der Waals surface area contributed by atoms with Gasteiger partial charge in [-0.05, 0) is 42.2 Å². The molecule has 0 atom stereocenters. The van der Waals surface area contributed by atoms with Crippen molar-refractivity contribution in [1.82, 2.24) is 0 Å². The lowest BCUT2D eigenvalue weighted by molar-refractivity contribution is 0.0693. The molecule has 0 fully saturated rings. The number of carboxylic acid groups (broad SMARTS) is 1. The van der Waals surface area contributed by atoms with Gasteiger partial charge in [0.05, 0.1) is 0 Å². The number of hydrogen-bond acceptors (Lipinski definition) is 2. The van der Waals surface area contributed by atoms with Crippen molar-refractivity contribution in [2.45, 2.75) is 20.3 Å². The first-order valence-corrected chi connectivity index (χ1v) is 6.10. The molecule has 2 rings (SSSR count). The summed E-state index contributed by atoms with van der Waals surface area (Å²) >= 11 is 0. The molecule has 0 aliphatic rings. The second-order valence-electron chi connectivity index (χ2n) is 4.65. The summed E-state index contributed by atoms with van der Waals surface area (Å²) in [6, 6.07) is 10.8. The standard InChI is InChI=1S/C16H16O3/c1-10-5-3-6-12(11(10)2)9-13-7-4-8-14(15(13)17)16(18)19/h3-8,17H,9H2,1-2H3,(H,18,19). The largest absolute Gasteiger partial charge is 0.507 e. The number of aromatic carboxylic acids is 1. The third-order valence-corrected chi connectivity index (χ3v) is 3.45. The average Bonchev–Trinajstić information content (AvgIpc) is 2.37. The van der Waals surface area contributed by atoms with Gasteiger partial charge in [0, 0.05) is 6.42 Å². The van der Waals surface area contributed by atoms with Crippen LogP contribution in [0.1, 0.15) is 32.6 Å². The van der Waals surface area contributed by atoms with Crippen LogP contribution in [0, 0.1) is 13.8 Å². The van der Waals surface area contributed by atoms with Crippen LogP contribution in [0.15, 0.2) is 36.4 Å². The Morgan fingerprint density at radius 2 is 1.68 bits per heavy atom. The zero-order valence-electron chi connectivity index (χ0n) is 11.0. The van der Waals surface area contributed by atoms with Crippen molar-refractivity contribution in [3.63, 3.8) is 0 Å². The van der Waals surface area contributed by atoms with E-state index in [0.717, 1.165) is 5.56 Å². The van der Waals surface area contributed by atoms with E-state index in [2.05, 4.69) is 0 Å². The normalized spacial score (nSPS) is 10.4. The van der Waals surface area contributed by atoms with Crippen molar-refractivity contribution >= 4 is 5.97 Å². The molecule has 19 heavy (non-hydrogen) atoms. The predicted molar refractivity (Wildman–Crippen MR) is 73.8 cm³/mol. The smallest absolute Gasteiger partial charge is 0.339 e. The predicted octanol–water partition coefficient (Wildman–Crippen LogP) is 3.30. The van der Waals surface area contributed by atoms with Crippen molar-refractivity contribution < 1.29 is 15.0 Å². The van der Waals surface area contributed by atoms with Crippen LogP contribution in [0.25, 0.3) is 0 Å². The molecular weight excluding hydrogens is 240 g/mol. The second-order valence-corrected chi connectivity index (χ2v) is 4.65. The number of rotatable bonds is 3. The highest BCUT2D eigenvalue weighted by molar-refractivity contribution is 5.91. The minimum Gasteiger partial charge on any atom is -0.507 e. The number of phenols is 1. The van der Waals surface area contributed by atoms with Crippen LogP contribution in [-0.2, 0) is 6.42 Å². The first kappa shape index (κ1) is 13.1. The van der Waals surface area contributed by atoms with Gasteiger partial charge in [0.1, 0.15) is 11.3 Å². The van der Waals surface area contributed by atoms with Crippen molar-refractivity contribution in [1.29, 1.82) is 0 Å². The van der Waals surface area contributed by atoms with Gasteiger partial charge in [0.2, 0.25) is 0 Å². The van der Waals surface area contributed by atoms with Gasteiger partial charge in [-0.25, -0.2) is 4.79 Å². The quantitative estimate of drug-likeness (QED) is 0.885. The molecule has 0 saturated carbocycles. The van der Waals surface area contributed by atoms with Gasteiger partial charge in [-0.3, -0.25) is 0 Å². The minimum absolute atomic E-state index is 0.0530. The highest BCUT2D eigenvalue weighted by Crippen LogP contribution is 2.26. The summed E-state index contributed by atoms with van der Waals surface area (Å²) in [5.41, 5.74) is 4.03. The van der Waals surface area contributed by atoms with Gasteiger partial charge < -0.3 is 10.2 Å². The fraction of sp³-hybridized carbons (Fsp3) is 0.188. The molecule has 0 unspecified atom stereocenters. The number of carbonyl (C=O) groups is 1. The average molecular weight is 256 g/mol. The number of hydrogen-bond donors (Lipinski definition) is 2. The van der Waals surface area contributed by atoms with Crippen molar-refractivity contribution in [2.24, 2.45) is 0 Å². The zero-order chi connectivity index (χ0) is 14.0. The van der Waals surface area contributed by atoms with E-state index in [-0.39, 0.29) is 11.3 Å². The molecular formula is C16H16O3. The number of aromatic hydroxyl groups is 1. The van der Waals surface area contributed by atoms with E-state index >= 15 is 0 Å². The molecule has 0 bridgehead atoms. The molecule has 0 heterocycles. The van der Waals surface area contributed by atoms with E-state index in [4.69, 9.17) is 5.11 Å². The third-order valence-electron chi connectivity index (χ3n) is 3.45. The molecule has 2 N–H and O–H groups in total. The Labute approximate surface area is 112 Å². The van der Waals surface area contributed by atoms with Crippen LogP contribution in [0.3, 0.4) is 0 Å².